The Balaban J connectivity index is 1.92. The summed E-state index contributed by atoms with van der Waals surface area (Å²) >= 11 is 6.38. The zero-order chi connectivity index (χ0) is 21.0. The van der Waals surface area contributed by atoms with Crippen LogP contribution in [-0.4, -0.2) is 46.7 Å². The molecule has 0 aromatic heterocycles. The number of aromatic carboxylic acids is 1. The maximum absolute atomic E-state index is 12.7. The summed E-state index contributed by atoms with van der Waals surface area (Å²) in [5.74, 6) is -1.24. The van der Waals surface area contributed by atoms with Crippen molar-refractivity contribution in [1.82, 2.24) is 5.01 Å². The minimum Gasteiger partial charge on any atom is -0.493 e. The van der Waals surface area contributed by atoms with E-state index in [1.807, 2.05) is 30.3 Å². The molecule has 1 amide bonds. The van der Waals surface area contributed by atoms with E-state index in [1.165, 1.54) is 26.5 Å². The van der Waals surface area contributed by atoms with E-state index in [1.54, 1.807) is 12.1 Å². The number of ether oxygens (including phenoxy) is 2. The lowest BCUT2D eigenvalue weighted by Gasteiger charge is -2.13. The highest BCUT2D eigenvalue weighted by Crippen LogP contribution is 2.34. The average molecular weight is 428 g/mol. The van der Waals surface area contributed by atoms with Crippen LogP contribution in [0.4, 0.5) is 0 Å². The number of carboxylic acid groups (broad SMARTS) is 1. The van der Waals surface area contributed by atoms with E-state index in [2.05, 4.69) is 5.10 Å². The fourth-order valence-electron chi connectivity index (χ4n) is 2.65. The molecule has 0 atom stereocenters. The van der Waals surface area contributed by atoms with Crippen molar-refractivity contribution in [3.05, 3.63) is 64.1 Å². The second kappa shape index (κ2) is 8.89. The number of hydrogen-bond acceptors (Lipinski definition) is 7. The molecule has 9 heteroatoms. The van der Waals surface area contributed by atoms with E-state index in [-0.39, 0.29) is 32.9 Å². The molecule has 1 saturated heterocycles. The third-order valence-corrected chi connectivity index (χ3v) is 5.26. The van der Waals surface area contributed by atoms with Crippen molar-refractivity contribution in [3.63, 3.8) is 0 Å². The van der Waals surface area contributed by atoms with Crippen LogP contribution in [-0.2, 0) is 4.79 Å². The number of carbonyl (C=O) groups is 2. The largest absolute Gasteiger partial charge is 0.493 e. The molecule has 148 valence electrons. The quantitative estimate of drug-likeness (QED) is 0.427. The molecular formula is C20H16N2O5S2. The highest BCUT2D eigenvalue weighted by atomic mass is 32.2. The number of benzene rings is 2. The molecule has 3 rings (SSSR count). The first kappa shape index (κ1) is 20.6. The zero-order valence-electron chi connectivity index (χ0n) is 15.5. The van der Waals surface area contributed by atoms with Gasteiger partial charge in [0.05, 0.1) is 25.3 Å². The van der Waals surface area contributed by atoms with Crippen LogP contribution in [0.25, 0.3) is 6.08 Å². The van der Waals surface area contributed by atoms with Crippen molar-refractivity contribution in [2.45, 2.75) is 0 Å². The molecule has 1 N–H and O–H groups in total. The third kappa shape index (κ3) is 4.30. The van der Waals surface area contributed by atoms with Gasteiger partial charge in [0.25, 0.3) is 5.91 Å². The van der Waals surface area contributed by atoms with E-state index >= 15 is 0 Å². The smallest absolute Gasteiger partial charge is 0.340 e. The van der Waals surface area contributed by atoms with Crippen LogP contribution >= 0.6 is 24.0 Å². The number of nitrogens with zero attached hydrogens (tertiary/aromatic N) is 2. The summed E-state index contributed by atoms with van der Waals surface area (Å²) in [6, 6.07) is 12.5. The van der Waals surface area contributed by atoms with Gasteiger partial charge in [-0.25, -0.2) is 4.79 Å². The van der Waals surface area contributed by atoms with Crippen molar-refractivity contribution in [2.75, 3.05) is 14.2 Å². The fourth-order valence-corrected chi connectivity index (χ4v) is 3.82. The molecule has 1 fully saturated rings. The van der Waals surface area contributed by atoms with Crippen LogP contribution < -0.4 is 9.47 Å². The minimum absolute atomic E-state index is 0.0679. The lowest BCUT2D eigenvalue weighted by Crippen LogP contribution is -2.22. The topological polar surface area (TPSA) is 88.4 Å². The normalized spacial score (nSPS) is 15.4. The summed E-state index contributed by atoms with van der Waals surface area (Å²) in [5.41, 5.74) is 0.988. The average Bonchev–Trinajstić information content (AvgIpc) is 2.98. The van der Waals surface area contributed by atoms with Gasteiger partial charge in [-0.05, 0) is 36.0 Å². The predicted molar refractivity (Wildman–Crippen MR) is 116 cm³/mol. The first-order valence-corrected chi connectivity index (χ1v) is 9.54. The van der Waals surface area contributed by atoms with Crippen LogP contribution in [0, 0.1) is 0 Å². The standard InChI is InChI=1S/C20H16N2O5S2/c1-26-14-9-8-13(16(19(24)25)17(14)27-2)11-21-22-18(23)15(29-20(22)28)10-12-6-4-3-5-7-12/h3-11H,1-2H3,(H,24,25)/b15-10+,21-11+. The van der Waals surface area contributed by atoms with Crippen LogP contribution in [0.3, 0.4) is 0 Å². The van der Waals surface area contributed by atoms with Gasteiger partial charge in [0.1, 0.15) is 5.56 Å². The molecule has 7 nitrogen and oxygen atoms in total. The second-order valence-electron chi connectivity index (χ2n) is 5.72. The number of methoxy groups -OCH3 is 2. The van der Waals surface area contributed by atoms with Gasteiger partial charge in [0.15, 0.2) is 15.8 Å². The van der Waals surface area contributed by atoms with Crippen molar-refractivity contribution in [1.29, 1.82) is 0 Å². The maximum Gasteiger partial charge on any atom is 0.340 e. The molecular weight excluding hydrogens is 412 g/mol. The van der Waals surface area contributed by atoms with E-state index in [0.717, 1.165) is 22.3 Å². The Bertz CT molecular complexity index is 1030. The Hall–Kier alpha value is -3.17. The van der Waals surface area contributed by atoms with E-state index < -0.39 is 5.97 Å². The Morgan fingerprint density at radius 2 is 1.90 bits per heavy atom. The summed E-state index contributed by atoms with van der Waals surface area (Å²) in [7, 11) is 2.76. The van der Waals surface area contributed by atoms with Gasteiger partial charge in [-0.15, -0.1) is 0 Å². The lowest BCUT2D eigenvalue weighted by molar-refractivity contribution is -0.122. The molecule has 0 spiro atoms. The number of amides is 1. The van der Waals surface area contributed by atoms with Gasteiger partial charge >= 0.3 is 5.97 Å². The van der Waals surface area contributed by atoms with Crippen LogP contribution in [0.1, 0.15) is 21.5 Å². The van der Waals surface area contributed by atoms with Crippen LogP contribution in [0.5, 0.6) is 11.5 Å². The summed E-state index contributed by atoms with van der Waals surface area (Å²) in [5, 5.41) is 14.8. The first-order valence-electron chi connectivity index (χ1n) is 8.31. The predicted octanol–water partition coefficient (Wildman–Crippen LogP) is 3.64. The molecule has 0 unspecified atom stereocenters. The highest BCUT2D eigenvalue weighted by Gasteiger charge is 2.32. The molecule has 1 heterocycles. The molecule has 29 heavy (non-hydrogen) atoms. The summed E-state index contributed by atoms with van der Waals surface area (Å²) in [6.07, 6.45) is 3.00. The van der Waals surface area contributed by atoms with E-state index in [0.29, 0.717) is 4.91 Å². The van der Waals surface area contributed by atoms with Crippen molar-refractivity contribution in [2.24, 2.45) is 5.10 Å². The minimum atomic E-state index is -1.21. The maximum atomic E-state index is 12.7. The summed E-state index contributed by atoms with van der Waals surface area (Å²) in [4.78, 5) is 24.8. The number of rotatable bonds is 6. The monoisotopic (exact) mass is 428 g/mol. The molecule has 0 saturated carbocycles. The fraction of sp³-hybridized carbons (Fsp3) is 0.100. The van der Waals surface area contributed by atoms with Crippen LogP contribution in [0.15, 0.2) is 52.5 Å². The number of thioether (sulfide) groups is 1. The third-order valence-electron chi connectivity index (χ3n) is 3.97. The van der Waals surface area contributed by atoms with Gasteiger partial charge < -0.3 is 14.6 Å². The van der Waals surface area contributed by atoms with Crippen molar-refractivity contribution in [3.8, 4) is 11.5 Å². The number of hydrazone groups is 1. The van der Waals surface area contributed by atoms with Gasteiger partial charge in [-0.2, -0.15) is 10.1 Å². The summed E-state index contributed by atoms with van der Waals surface area (Å²) < 4.78 is 10.6. The van der Waals surface area contributed by atoms with E-state index in [9.17, 15) is 14.7 Å². The molecule has 0 aliphatic carbocycles. The van der Waals surface area contributed by atoms with E-state index in [4.69, 9.17) is 21.7 Å². The Labute approximate surface area is 176 Å². The lowest BCUT2D eigenvalue weighted by atomic mass is 10.1. The molecule has 0 bridgehead atoms. The van der Waals surface area contributed by atoms with Gasteiger partial charge in [0, 0.05) is 5.56 Å². The summed E-state index contributed by atoms with van der Waals surface area (Å²) in [6.45, 7) is 0. The molecule has 2 aromatic carbocycles. The number of thiocarbonyl (C=S) groups is 1. The van der Waals surface area contributed by atoms with Crippen molar-refractivity contribution < 1.29 is 24.2 Å². The van der Waals surface area contributed by atoms with Gasteiger partial charge in [0.2, 0.25) is 0 Å². The zero-order valence-corrected chi connectivity index (χ0v) is 17.1. The van der Waals surface area contributed by atoms with Crippen LogP contribution in [0.2, 0.25) is 0 Å². The highest BCUT2D eigenvalue weighted by molar-refractivity contribution is 8.26. The van der Waals surface area contributed by atoms with Crippen molar-refractivity contribution >= 4 is 52.5 Å². The Kier molecular flexibility index (Phi) is 6.30. The number of carbonyl (C=O) groups excluding carboxylic acids is 1. The van der Waals surface area contributed by atoms with Gasteiger partial charge in [-0.3, -0.25) is 4.79 Å². The molecule has 1 aliphatic rings. The second-order valence-corrected chi connectivity index (χ2v) is 7.39. The first-order chi connectivity index (χ1) is 14.0. The van der Waals surface area contributed by atoms with Gasteiger partial charge in [-0.1, -0.05) is 42.1 Å². The molecule has 0 radical (unpaired) electrons. The molecule has 2 aromatic rings. The number of carboxylic acids is 1. The Morgan fingerprint density at radius 1 is 1.17 bits per heavy atom. The number of hydrogen-bond donors (Lipinski definition) is 1. The Morgan fingerprint density at radius 3 is 2.52 bits per heavy atom. The molecule has 1 aliphatic heterocycles. The SMILES string of the molecule is COc1ccc(/C=N/N2C(=O)/C(=C\c3ccccc3)SC2=S)c(C(=O)O)c1OC.